The third-order valence-electron chi connectivity index (χ3n) is 2.73. The first-order valence-corrected chi connectivity index (χ1v) is 6.14. The van der Waals surface area contributed by atoms with Crippen molar-refractivity contribution in [2.75, 3.05) is 19.0 Å². The van der Waals surface area contributed by atoms with E-state index in [9.17, 15) is 4.79 Å². The molecule has 100 valence electrons. The number of rotatable bonds is 6. The molecule has 2 atom stereocenters. The number of hydrogen-bond acceptors (Lipinski definition) is 4. The summed E-state index contributed by atoms with van der Waals surface area (Å²) in [4.78, 5) is 11.5. The first-order valence-electron chi connectivity index (χ1n) is 6.14. The van der Waals surface area contributed by atoms with Gasteiger partial charge in [-0.3, -0.25) is 0 Å². The Kier molecular flexibility index (Phi) is 5.65. The molecular weight excluding hydrogens is 230 g/mol. The van der Waals surface area contributed by atoms with Crippen molar-refractivity contribution < 1.29 is 14.3 Å². The summed E-state index contributed by atoms with van der Waals surface area (Å²) < 4.78 is 10.2. The number of benzene rings is 1. The Morgan fingerprint density at radius 2 is 2.11 bits per heavy atom. The molecule has 0 aliphatic rings. The molecule has 0 bridgehead atoms. The van der Waals surface area contributed by atoms with Gasteiger partial charge in [-0.05, 0) is 38.5 Å². The van der Waals surface area contributed by atoms with Crippen LogP contribution in [0.4, 0.5) is 5.69 Å². The van der Waals surface area contributed by atoms with Crippen molar-refractivity contribution in [2.45, 2.75) is 32.9 Å². The highest BCUT2D eigenvalue weighted by Gasteiger charge is 2.13. The third-order valence-corrected chi connectivity index (χ3v) is 2.73. The van der Waals surface area contributed by atoms with Crippen LogP contribution >= 0.6 is 0 Å². The molecule has 0 aliphatic heterocycles. The van der Waals surface area contributed by atoms with Gasteiger partial charge in [0.05, 0.1) is 12.7 Å². The van der Waals surface area contributed by atoms with E-state index < -0.39 is 0 Å². The van der Waals surface area contributed by atoms with E-state index in [1.807, 2.05) is 31.2 Å². The molecule has 0 aliphatic carbocycles. The van der Waals surface area contributed by atoms with Crippen LogP contribution in [0.5, 0.6) is 0 Å². The van der Waals surface area contributed by atoms with E-state index in [1.54, 1.807) is 21.0 Å². The minimum atomic E-state index is -0.363. The summed E-state index contributed by atoms with van der Waals surface area (Å²) in [5.74, 6) is -0.248. The zero-order valence-corrected chi connectivity index (χ0v) is 11.4. The minimum Gasteiger partial charge on any atom is -0.464 e. The van der Waals surface area contributed by atoms with Gasteiger partial charge < -0.3 is 14.8 Å². The van der Waals surface area contributed by atoms with E-state index in [4.69, 9.17) is 9.47 Å². The summed E-state index contributed by atoms with van der Waals surface area (Å²) in [5, 5.41) is 3.12. The van der Waals surface area contributed by atoms with Crippen LogP contribution in [0.15, 0.2) is 24.3 Å². The highest BCUT2D eigenvalue weighted by atomic mass is 16.5. The lowest BCUT2D eigenvalue weighted by atomic mass is 10.1. The lowest BCUT2D eigenvalue weighted by molar-refractivity contribution is -0.143. The quantitative estimate of drug-likeness (QED) is 0.790. The van der Waals surface area contributed by atoms with Gasteiger partial charge in [0.2, 0.25) is 0 Å². The zero-order chi connectivity index (χ0) is 13.5. The molecule has 0 amide bonds. The Bertz CT molecular complexity index is 392. The molecule has 0 fully saturated rings. The van der Waals surface area contributed by atoms with Gasteiger partial charge in [0.15, 0.2) is 0 Å². The predicted octanol–water partition coefficient (Wildman–Crippen LogP) is 2.76. The van der Waals surface area contributed by atoms with Crippen molar-refractivity contribution in [3.63, 3.8) is 0 Å². The molecular formula is C14H21NO3. The van der Waals surface area contributed by atoms with Crippen molar-refractivity contribution in [1.82, 2.24) is 0 Å². The van der Waals surface area contributed by atoms with Crippen molar-refractivity contribution in [1.29, 1.82) is 0 Å². The van der Waals surface area contributed by atoms with Gasteiger partial charge in [0, 0.05) is 12.8 Å². The molecule has 1 aromatic rings. The lowest BCUT2D eigenvalue weighted by Crippen LogP contribution is -2.28. The summed E-state index contributed by atoms with van der Waals surface area (Å²) in [5.41, 5.74) is 1.95. The van der Waals surface area contributed by atoms with E-state index >= 15 is 0 Å². The number of nitrogens with one attached hydrogen (secondary N) is 1. The summed E-state index contributed by atoms with van der Waals surface area (Å²) in [6, 6.07) is 7.46. The summed E-state index contributed by atoms with van der Waals surface area (Å²) in [7, 11) is 1.67. The van der Waals surface area contributed by atoms with E-state index in [0.29, 0.717) is 6.61 Å². The van der Waals surface area contributed by atoms with Crippen LogP contribution in [0.1, 0.15) is 32.4 Å². The van der Waals surface area contributed by atoms with Gasteiger partial charge in [0.1, 0.15) is 6.04 Å². The molecule has 0 heterocycles. The maximum atomic E-state index is 11.5. The topological polar surface area (TPSA) is 47.6 Å². The van der Waals surface area contributed by atoms with Crippen LogP contribution in [-0.2, 0) is 14.3 Å². The Balaban J connectivity index is 2.70. The van der Waals surface area contributed by atoms with Crippen LogP contribution in [0.3, 0.4) is 0 Å². The first-order chi connectivity index (χ1) is 8.58. The molecule has 0 saturated carbocycles. The zero-order valence-electron chi connectivity index (χ0n) is 11.4. The third kappa shape index (κ3) is 4.04. The largest absolute Gasteiger partial charge is 0.464 e. The second-order valence-corrected chi connectivity index (χ2v) is 4.12. The van der Waals surface area contributed by atoms with E-state index in [0.717, 1.165) is 11.3 Å². The number of esters is 1. The fraction of sp³-hybridized carbons (Fsp3) is 0.500. The Morgan fingerprint density at radius 1 is 1.39 bits per heavy atom. The molecule has 1 N–H and O–H groups in total. The number of ether oxygens (including phenoxy) is 2. The Hall–Kier alpha value is -1.55. The SMILES string of the molecule is CCOC(=O)[C@@H](C)Nc1cccc([C@@H](C)OC)c1. The van der Waals surface area contributed by atoms with Gasteiger partial charge in [-0.1, -0.05) is 12.1 Å². The fourth-order valence-electron chi connectivity index (χ4n) is 1.59. The summed E-state index contributed by atoms with van der Waals surface area (Å²) >= 11 is 0. The smallest absolute Gasteiger partial charge is 0.328 e. The average molecular weight is 251 g/mol. The van der Waals surface area contributed by atoms with Crippen LogP contribution in [0, 0.1) is 0 Å². The van der Waals surface area contributed by atoms with Crippen LogP contribution in [0.2, 0.25) is 0 Å². The number of carbonyl (C=O) groups excluding carboxylic acids is 1. The normalized spacial score (nSPS) is 13.8. The molecule has 0 saturated heterocycles. The molecule has 0 unspecified atom stereocenters. The second kappa shape index (κ2) is 7.01. The van der Waals surface area contributed by atoms with Crippen LogP contribution in [-0.4, -0.2) is 25.7 Å². The van der Waals surface area contributed by atoms with Gasteiger partial charge in [0.25, 0.3) is 0 Å². The van der Waals surface area contributed by atoms with E-state index in [-0.39, 0.29) is 18.1 Å². The monoisotopic (exact) mass is 251 g/mol. The summed E-state index contributed by atoms with van der Waals surface area (Å²) in [6.07, 6.45) is 0.0321. The highest BCUT2D eigenvalue weighted by molar-refractivity contribution is 5.78. The highest BCUT2D eigenvalue weighted by Crippen LogP contribution is 2.20. The van der Waals surface area contributed by atoms with E-state index in [1.165, 1.54) is 0 Å². The molecule has 0 spiro atoms. The first kappa shape index (κ1) is 14.5. The van der Waals surface area contributed by atoms with Crippen molar-refractivity contribution in [2.24, 2.45) is 0 Å². The Morgan fingerprint density at radius 3 is 2.72 bits per heavy atom. The molecule has 1 aromatic carbocycles. The molecule has 0 aromatic heterocycles. The van der Waals surface area contributed by atoms with Gasteiger partial charge >= 0.3 is 5.97 Å². The van der Waals surface area contributed by atoms with Gasteiger partial charge in [-0.25, -0.2) is 4.79 Å². The van der Waals surface area contributed by atoms with Crippen molar-refractivity contribution >= 4 is 11.7 Å². The number of anilines is 1. The Labute approximate surface area is 108 Å². The fourth-order valence-corrected chi connectivity index (χ4v) is 1.59. The lowest BCUT2D eigenvalue weighted by Gasteiger charge is -2.16. The van der Waals surface area contributed by atoms with Crippen LogP contribution in [0.25, 0.3) is 0 Å². The van der Waals surface area contributed by atoms with Gasteiger partial charge in [-0.15, -0.1) is 0 Å². The molecule has 18 heavy (non-hydrogen) atoms. The van der Waals surface area contributed by atoms with E-state index in [2.05, 4.69) is 5.32 Å². The molecule has 4 heteroatoms. The maximum Gasteiger partial charge on any atom is 0.328 e. The molecule has 0 radical (unpaired) electrons. The minimum absolute atomic E-state index is 0.0321. The van der Waals surface area contributed by atoms with Gasteiger partial charge in [-0.2, -0.15) is 0 Å². The number of hydrogen-bond donors (Lipinski definition) is 1. The van der Waals surface area contributed by atoms with Crippen molar-refractivity contribution in [3.8, 4) is 0 Å². The standard InChI is InChI=1S/C14H21NO3/c1-5-18-14(16)10(2)15-13-8-6-7-12(9-13)11(3)17-4/h6-11,15H,5H2,1-4H3/t10-,11-/m1/s1. The average Bonchev–Trinajstić information content (AvgIpc) is 2.38. The number of methoxy groups -OCH3 is 1. The van der Waals surface area contributed by atoms with Crippen molar-refractivity contribution in [3.05, 3.63) is 29.8 Å². The van der Waals surface area contributed by atoms with Crippen LogP contribution < -0.4 is 5.32 Å². The summed E-state index contributed by atoms with van der Waals surface area (Å²) in [6.45, 7) is 5.95. The predicted molar refractivity (Wildman–Crippen MR) is 71.6 cm³/mol. The maximum absolute atomic E-state index is 11.5. The second-order valence-electron chi connectivity index (χ2n) is 4.12. The molecule has 4 nitrogen and oxygen atoms in total. The number of carbonyl (C=O) groups is 1. The molecule has 1 rings (SSSR count).